The largest absolute Gasteiger partial charge is 0.477 e. The Hall–Kier alpha value is -1.34. The van der Waals surface area contributed by atoms with E-state index in [9.17, 15) is 30.0 Å². The van der Waals surface area contributed by atoms with E-state index in [1.807, 2.05) is 0 Å². The van der Waals surface area contributed by atoms with Crippen LogP contribution in [0.2, 0.25) is 0 Å². The van der Waals surface area contributed by atoms with Crippen molar-refractivity contribution in [3.63, 3.8) is 0 Å². The predicted octanol–water partition coefficient (Wildman–Crippen LogP) is -4.90. The molecule has 1 amide bonds. The first kappa shape index (κ1) is 18.7. The Morgan fingerprint density at radius 3 is 2.36 bits per heavy atom. The van der Waals surface area contributed by atoms with Gasteiger partial charge >= 0.3 is 5.97 Å². The van der Waals surface area contributed by atoms with Crippen LogP contribution >= 0.6 is 0 Å². The van der Waals surface area contributed by atoms with Crippen LogP contribution in [0.4, 0.5) is 0 Å². The number of hydrogen-bond donors (Lipinski definition) is 8. The molecule has 0 aliphatic carbocycles. The first-order chi connectivity index (χ1) is 10.2. The molecule has 0 bridgehead atoms. The van der Waals surface area contributed by atoms with E-state index < -0.39 is 67.8 Å². The highest BCUT2D eigenvalue weighted by Crippen LogP contribution is 2.30. The van der Waals surface area contributed by atoms with Gasteiger partial charge in [0.15, 0.2) is 0 Å². The molecule has 11 heteroatoms. The Kier molecular flexibility index (Phi) is 6.19. The molecule has 0 aromatic heterocycles. The van der Waals surface area contributed by atoms with E-state index in [0.29, 0.717) is 0 Å². The molecule has 1 aliphatic heterocycles. The summed E-state index contributed by atoms with van der Waals surface area (Å²) in [7, 11) is 0. The van der Waals surface area contributed by atoms with Crippen LogP contribution < -0.4 is 5.32 Å². The third-order valence-corrected chi connectivity index (χ3v) is 3.31. The van der Waals surface area contributed by atoms with E-state index in [0.717, 1.165) is 0 Å². The zero-order valence-corrected chi connectivity index (χ0v) is 11.4. The number of carboxylic acids is 1. The number of carboxylic acid groups (broad SMARTS) is 1. The Labute approximate surface area is 124 Å². The molecular weight excluding hydrogens is 306 g/mol. The molecule has 6 atom stereocenters. The second-order valence-corrected chi connectivity index (χ2v) is 4.94. The third-order valence-electron chi connectivity index (χ3n) is 3.31. The molecule has 11 nitrogen and oxygen atoms in total. The fraction of sp³-hybridized carbons (Fsp3) is 0.818. The van der Waals surface area contributed by atoms with Gasteiger partial charge in [0.05, 0.1) is 18.8 Å². The molecule has 1 fully saturated rings. The standard InChI is InChI=1S/C11H19NO10/c13-2-5(16)8(18)9-7(12-6(17)3-14)4(15)1-11(21,22-9)10(19)20/h4-5,7-9,13-16,18,21H,1-3H2,(H,12,17)(H,19,20)/t4-,5?,7-,8?,9?,11-/m1/s1. The summed E-state index contributed by atoms with van der Waals surface area (Å²) in [5, 5.41) is 67.5. The minimum Gasteiger partial charge on any atom is -0.477 e. The predicted molar refractivity (Wildman–Crippen MR) is 66.2 cm³/mol. The summed E-state index contributed by atoms with van der Waals surface area (Å²) in [5.74, 6) is -5.64. The minimum absolute atomic E-state index is 0.822. The molecule has 0 saturated carbocycles. The van der Waals surface area contributed by atoms with Crippen molar-refractivity contribution in [3.05, 3.63) is 0 Å². The number of aliphatic carboxylic acids is 1. The maximum Gasteiger partial charge on any atom is 0.364 e. The molecule has 3 unspecified atom stereocenters. The van der Waals surface area contributed by atoms with Crippen LogP contribution in [-0.2, 0) is 14.3 Å². The monoisotopic (exact) mass is 325 g/mol. The lowest BCUT2D eigenvalue weighted by molar-refractivity contribution is -0.295. The molecular formula is C11H19NO10. The maximum absolute atomic E-state index is 11.2. The van der Waals surface area contributed by atoms with Gasteiger partial charge in [-0.25, -0.2) is 4.79 Å². The van der Waals surface area contributed by atoms with Crippen molar-refractivity contribution in [3.8, 4) is 0 Å². The Morgan fingerprint density at radius 2 is 1.91 bits per heavy atom. The zero-order valence-electron chi connectivity index (χ0n) is 11.4. The first-order valence-electron chi connectivity index (χ1n) is 6.35. The number of aliphatic hydroxyl groups excluding tert-OH is 5. The summed E-state index contributed by atoms with van der Waals surface area (Å²) in [6.45, 7) is -1.86. The summed E-state index contributed by atoms with van der Waals surface area (Å²) in [6, 6.07) is -1.42. The van der Waals surface area contributed by atoms with E-state index >= 15 is 0 Å². The molecule has 0 aromatic carbocycles. The van der Waals surface area contributed by atoms with Crippen molar-refractivity contribution in [2.24, 2.45) is 0 Å². The first-order valence-corrected chi connectivity index (χ1v) is 6.35. The smallest absolute Gasteiger partial charge is 0.364 e. The van der Waals surface area contributed by atoms with Crippen LogP contribution in [-0.4, -0.2) is 97.1 Å². The topological polar surface area (TPSA) is 197 Å². The summed E-state index contributed by atoms with van der Waals surface area (Å²) in [4.78, 5) is 22.2. The van der Waals surface area contributed by atoms with Crippen molar-refractivity contribution in [2.75, 3.05) is 13.2 Å². The van der Waals surface area contributed by atoms with Gasteiger partial charge in [-0.2, -0.15) is 0 Å². The van der Waals surface area contributed by atoms with Crippen molar-refractivity contribution >= 4 is 11.9 Å². The van der Waals surface area contributed by atoms with Gasteiger partial charge in [-0.1, -0.05) is 0 Å². The van der Waals surface area contributed by atoms with Crippen molar-refractivity contribution < 1.29 is 50.1 Å². The molecule has 0 spiro atoms. The number of nitrogens with one attached hydrogen (secondary N) is 1. The molecule has 1 aliphatic rings. The van der Waals surface area contributed by atoms with Gasteiger partial charge in [0.25, 0.3) is 5.79 Å². The Balaban J connectivity index is 3.07. The fourth-order valence-electron chi connectivity index (χ4n) is 2.13. The second kappa shape index (κ2) is 7.28. The summed E-state index contributed by atoms with van der Waals surface area (Å²) >= 11 is 0. The van der Waals surface area contributed by atoms with Crippen LogP contribution in [0.5, 0.6) is 0 Å². The van der Waals surface area contributed by atoms with Gasteiger partial charge in [0, 0.05) is 6.42 Å². The highest BCUT2D eigenvalue weighted by molar-refractivity contribution is 5.78. The molecule has 128 valence electrons. The van der Waals surface area contributed by atoms with Crippen molar-refractivity contribution in [2.45, 2.75) is 42.7 Å². The van der Waals surface area contributed by atoms with Crippen LogP contribution in [0.15, 0.2) is 0 Å². The van der Waals surface area contributed by atoms with Gasteiger partial charge < -0.3 is 45.8 Å². The van der Waals surface area contributed by atoms with Crippen molar-refractivity contribution in [1.29, 1.82) is 0 Å². The minimum atomic E-state index is -2.85. The van der Waals surface area contributed by atoms with Crippen LogP contribution in [0, 0.1) is 0 Å². The fourth-order valence-corrected chi connectivity index (χ4v) is 2.13. The number of carbonyl (C=O) groups excluding carboxylic acids is 1. The molecule has 8 N–H and O–H groups in total. The SMILES string of the molecule is O=C(CO)N[C@H]1C(C(O)C(O)CO)O[C@@](O)(C(=O)O)C[C@H]1O. The lowest BCUT2D eigenvalue weighted by Gasteiger charge is -2.44. The average molecular weight is 325 g/mol. The number of hydrogen-bond acceptors (Lipinski definition) is 9. The van der Waals surface area contributed by atoms with E-state index in [4.69, 9.17) is 20.1 Å². The van der Waals surface area contributed by atoms with Crippen LogP contribution in [0.3, 0.4) is 0 Å². The number of rotatable bonds is 6. The van der Waals surface area contributed by atoms with Gasteiger partial charge in [-0.15, -0.1) is 0 Å². The van der Waals surface area contributed by atoms with Gasteiger partial charge in [-0.3, -0.25) is 4.79 Å². The lowest BCUT2D eigenvalue weighted by Crippen LogP contribution is -2.67. The highest BCUT2D eigenvalue weighted by Gasteiger charge is 2.53. The average Bonchev–Trinajstić information content (AvgIpc) is 2.47. The summed E-state index contributed by atoms with van der Waals surface area (Å²) < 4.78 is 4.83. The number of ether oxygens (including phenoxy) is 1. The number of carbonyl (C=O) groups is 2. The zero-order chi connectivity index (χ0) is 17.1. The summed E-state index contributed by atoms with van der Waals surface area (Å²) in [6.07, 6.45) is -7.92. The van der Waals surface area contributed by atoms with E-state index in [1.165, 1.54) is 0 Å². The maximum atomic E-state index is 11.2. The van der Waals surface area contributed by atoms with E-state index in [-0.39, 0.29) is 0 Å². The van der Waals surface area contributed by atoms with Crippen LogP contribution in [0.25, 0.3) is 0 Å². The quantitative estimate of drug-likeness (QED) is 0.234. The second-order valence-electron chi connectivity index (χ2n) is 4.94. The van der Waals surface area contributed by atoms with Crippen molar-refractivity contribution in [1.82, 2.24) is 5.32 Å². The van der Waals surface area contributed by atoms with Gasteiger partial charge in [0.1, 0.15) is 24.9 Å². The molecule has 1 heterocycles. The number of amides is 1. The molecule has 1 saturated heterocycles. The Bertz CT molecular complexity index is 418. The van der Waals surface area contributed by atoms with E-state index in [2.05, 4.69) is 5.32 Å². The molecule has 0 radical (unpaired) electrons. The molecule has 1 rings (SSSR count). The van der Waals surface area contributed by atoms with Crippen LogP contribution in [0.1, 0.15) is 6.42 Å². The number of aliphatic hydroxyl groups is 6. The highest BCUT2D eigenvalue weighted by atomic mass is 16.7. The van der Waals surface area contributed by atoms with E-state index in [1.54, 1.807) is 0 Å². The van der Waals surface area contributed by atoms with Gasteiger partial charge in [0.2, 0.25) is 5.91 Å². The lowest BCUT2D eigenvalue weighted by atomic mass is 9.88. The molecule has 0 aromatic rings. The normalized spacial score (nSPS) is 34.7. The van der Waals surface area contributed by atoms with Gasteiger partial charge in [-0.05, 0) is 0 Å². The molecule has 22 heavy (non-hydrogen) atoms. The Morgan fingerprint density at radius 1 is 1.32 bits per heavy atom. The summed E-state index contributed by atoms with van der Waals surface area (Å²) in [5.41, 5.74) is 0. The third kappa shape index (κ3) is 3.89.